The summed E-state index contributed by atoms with van der Waals surface area (Å²) in [5.74, 6) is -0.434. The highest BCUT2D eigenvalue weighted by molar-refractivity contribution is 9.10. The Bertz CT molecular complexity index is 949. The second kappa shape index (κ2) is 6.13. The number of carboxylic acids is 1. The second-order valence-corrected chi connectivity index (χ2v) is 6.19. The van der Waals surface area contributed by atoms with Gasteiger partial charge < -0.3 is 14.9 Å². The first kappa shape index (κ1) is 16.3. The number of carbonyl (C=O) groups is 1. The molecule has 0 bridgehead atoms. The number of para-hydroxylation sites is 1. The molecule has 0 aliphatic heterocycles. The minimum absolute atomic E-state index is 0.353. The molecule has 5 nitrogen and oxygen atoms in total. The molecule has 0 radical (unpaired) electrons. The van der Waals surface area contributed by atoms with Crippen molar-refractivity contribution < 1.29 is 19.7 Å². The standard InChI is InChI=1S/C18H14BrNO4/c1-9-4-3-5-10(2)16(9)24-11-6-7-12-13(8-11)15(21)14(18(22)23)20-17(12)19/h3-8,21H,1-2H3,(H,22,23). The number of nitrogens with zero attached hydrogens (tertiary/aromatic N) is 1. The number of halogens is 1. The molecule has 24 heavy (non-hydrogen) atoms. The summed E-state index contributed by atoms with van der Waals surface area (Å²) in [5.41, 5.74) is 1.57. The van der Waals surface area contributed by atoms with Gasteiger partial charge in [0.25, 0.3) is 0 Å². The third kappa shape index (κ3) is 2.80. The smallest absolute Gasteiger partial charge is 0.358 e. The summed E-state index contributed by atoms with van der Waals surface area (Å²) < 4.78 is 6.30. The van der Waals surface area contributed by atoms with E-state index in [1.54, 1.807) is 18.2 Å². The molecule has 0 atom stereocenters. The Labute approximate surface area is 146 Å². The first-order chi connectivity index (χ1) is 11.4. The van der Waals surface area contributed by atoms with Gasteiger partial charge in [0.1, 0.15) is 16.1 Å². The molecule has 122 valence electrons. The monoisotopic (exact) mass is 387 g/mol. The molecular formula is C18H14BrNO4. The lowest BCUT2D eigenvalue weighted by molar-refractivity contribution is 0.0687. The topological polar surface area (TPSA) is 79.7 Å². The highest BCUT2D eigenvalue weighted by atomic mass is 79.9. The predicted octanol–water partition coefficient (Wildman–Crippen LogP) is 4.81. The number of carboxylic acid groups (broad SMARTS) is 1. The van der Waals surface area contributed by atoms with E-state index in [0.717, 1.165) is 16.9 Å². The van der Waals surface area contributed by atoms with Crippen LogP contribution in [-0.4, -0.2) is 21.2 Å². The average Bonchev–Trinajstić information content (AvgIpc) is 2.54. The lowest BCUT2D eigenvalue weighted by Gasteiger charge is -2.13. The van der Waals surface area contributed by atoms with Gasteiger partial charge in [-0.2, -0.15) is 0 Å². The van der Waals surface area contributed by atoms with Crippen LogP contribution in [0.1, 0.15) is 21.6 Å². The molecule has 0 amide bonds. The van der Waals surface area contributed by atoms with Gasteiger partial charge in [-0.15, -0.1) is 0 Å². The van der Waals surface area contributed by atoms with Gasteiger partial charge >= 0.3 is 5.97 Å². The maximum atomic E-state index is 11.2. The summed E-state index contributed by atoms with van der Waals surface area (Å²) in [4.78, 5) is 15.1. The van der Waals surface area contributed by atoms with E-state index in [9.17, 15) is 9.90 Å². The number of fused-ring (bicyclic) bond motifs is 1. The molecule has 0 fully saturated rings. The molecule has 2 aromatic carbocycles. The van der Waals surface area contributed by atoms with Crippen molar-refractivity contribution in [3.63, 3.8) is 0 Å². The first-order valence-corrected chi connectivity index (χ1v) is 7.97. The summed E-state index contributed by atoms with van der Waals surface area (Å²) >= 11 is 3.24. The molecule has 0 unspecified atom stereocenters. The van der Waals surface area contributed by atoms with E-state index in [-0.39, 0.29) is 5.75 Å². The summed E-state index contributed by atoms with van der Waals surface area (Å²) in [7, 11) is 0. The second-order valence-electron chi connectivity index (χ2n) is 5.44. The minimum Gasteiger partial charge on any atom is -0.505 e. The van der Waals surface area contributed by atoms with E-state index in [4.69, 9.17) is 9.84 Å². The van der Waals surface area contributed by atoms with Crippen LogP contribution in [0.25, 0.3) is 10.8 Å². The third-order valence-electron chi connectivity index (χ3n) is 3.73. The zero-order valence-corrected chi connectivity index (χ0v) is 14.6. The number of pyridine rings is 1. The molecular weight excluding hydrogens is 374 g/mol. The third-order valence-corrected chi connectivity index (χ3v) is 4.34. The van der Waals surface area contributed by atoms with E-state index >= 15 is 0 Å². The van der Waals surface area contributed by atoms with Crippen LogP contribution in [0.2, 0.25) is 0 Å². The highest BCUT2D eigenvalue weighted by Crippen LogP contribution is 2.36. The molecule has 3 aromatic rings. The lowest BCUT2D eigenvalue weighted by Crippen LogP contribution is -2.02. The minimum atomic E-state index is -1.30. The molecule has 1 heterocycles. The van der Waals surface area contributed by atoms with Crippen LogP contribution in [0, 0.1) is 13.8 Å². The Balaban J connectivity index is 2.14. The van der Waals surface area contributed by atoms with E-state index in [0.29, 0.717) is 21.1 Å². The summed E-state index contributed by atoms with van der Waals surface area (Å²) in [5, 5.41) is 20.3. The Hall–Kier alpha value is -2.60. The first-order valence-electron chi connectivity index (χ1n) is 7.18. The average molecular weight is 388 g/mol. The normalized spacial score (nSPS) is 10.8. The van der Waals surface area contributed by atoms with Gasteiger partial charge in [0, 0.05) is 10.8 Å². The SMILES string of the molecule is Cc1cccc(C)c1Oc1ccc2c(Br)nc(C(=O)O)c(O)c2c1. The number of aromatic carboxylic acids is 1. The van der Waals surface area contributed by atoms with Gasteiger partial charge in [0.15, 0.2) is 11.4 Å². The zero-order chi connectivity index (χ0) is 17.4. The van der Waals surface area contributed by atoms with Crippen molar-refractivity contribution in [2.75, 3.05) is 0 Å². The van der Waals surface area contributed by atoms with Gasteiger partial charge in [-0.25, -0.2) is 9.78 Å². The van der Waals surface area contributed by atoms with Crippen LogP contribution in [0.5, 0.6) is 17.2 Å². The fourth-order valence-corrected chi connectivity index (χ4v) is 3.05. The fourth-order valence-electron chi connectivity index (χ4n) is 2.53. The van der Waals surface area contributed by atoms with Crippen LogP contribution >= 0.6 is 15.9 Å². The number of hydrogen-bond acceptors (Lipinski definition) is 4. The highest BCUT2D eigenvalue weighted by Gasteiger charge is 2.18. The van der Waals surface area contributed by atoms with E-state index in [2.05, 4.69) is 20.9 Å². The maximum absolute atomic E-state index is 11.2. The van der Waals surface area contributed by atoms with Crippen molar-refractivity contribution in [3.05, 3.63) is 57.8 Å². The van der Waals surface area contributed by atoms with Crippen molar-refractivity contribution in [2.45, 2.75) is 13.8 Å². The van der Waals surface area contributed by atoms with Gasteiger partial charge in [0.2, 0.25) is 0 Å². The number of benzene rings is 2. The van der Waals surface area contributed by atoms with Crippen molar-refractivity contribution in [1.82, 2.24) is 4.98 Å². The summed E-state index contributed by atoms with van der Waals surface area (Å²) in [6.07, 6.45) is 0. The van der Waals surface area contributed by atoms with Crippen LogP contribution in [0.4, 0.5) is 0 Å². The number of rotatable bonds is 3. The van der Waals surface area contributed by atoms with Crippen molar-refractivity contribution >= 4 is 32.7 Å². The van der Waals surface area contributed by atoms with Crippen molar-refractivity contribution in [3.8, 4) is 17.2 Å². The zero-order valence-electron chi connectivity index (χ0n) is 13.0. The van der Waals surface area contributed by atoms with Crippen LogP contribution < -0.4 is 4.74 Å². The van der Waals surface area contributed by atoms with Gasteiger partial charge in [-0.3, -0.25) is 0 Å². The van der Waals surface area contributed by atoms with E-state index in [1.165, 1.54) is 0 Å². The largest absolute Gasteiger partial charge is 0.505 e. The lowest BCUT2D eigenvalue weighted by atomic mass is 10.1. The maximum Gasteiger partial charge on any atom is 0.358 e. The quantitative estimate of drug-likeness (QED) is 0.630. The van der Waals surface area contributed by atoms with Crippen LogP contribution in [-0.2, 0) is 0 Å². The molecule has 3 rings (SSSR count). The van der Waals surface area contributed by atoms with E-state index in [1.807, 2.05) is 32.0 Å². The molecule has 1 aromatic heterocycles. The molecule has 2 N–H and O–H groups in total. The molecule has 0 aliphatic carbocycles. The number of aryl methyl sites for hydroxylation is 2. The number of hydrogen-bond donors (Lipinski definition) is 2. The molecule has 6 heteroatoms. The summed E-state index contributed by atoms with van der Waals surface area (Å²) in [6, 6.07) is 10.9. The van der Waals surface area contributed by atoms with Crippen LogP contribution in [0.3, 0.4) is 0 Å². The van der Waals surface area contributed by atoms with Crippen molar-refractivity contribution in [2.24, 2.45) is 0 Å². The van der Waals surface area contributed by atoms with Gasteiger partial charge in [-0.05, 0) is 59.1 Å². The van der Waals surface area contributed by atoms with Crippen molar-refractivity contribution in [1.29, 1.82) is 0 Å². The number of ether oxygens (including phenoxy) is 1. The van der Waals surface area contributed by atoms with Gasteiger partial charge in [0.05, 0.1) is 0 Å². The Morgan fingerprint density at radius 2 is 1.79 bits per heavy atom. The number of aromatic hydroxyl groups is 1. The Kier molecular flexibility index (Phi) is 4.15. The Morgan fingerprint density at radius 3 is 2.42 bits per heavy atom. The van der Waals surface area contributed by atoms with Gasteiger partial charge in [-0.1, -0.05) is 18.2 Å². The fraction of sp³-hybridized carbons (Fsp3) is 0.111. The summed E-state index contributed by atoms with van der Waals surface area (Å²) in [6.45, 7) is 3.90. The molecule has 0 spiro atoms. The number of aromatic nitrogens is 1. The molecule has 0 aliphatic rings. The van der Waals surface area contributed by atoms with Crippen LogP contribution in [0.15, 0.2) is 41.0 Å². The molecule has 0 saturated heterocycles. The van der Waals surface area contributed by atoms with E-state index < -0.39 is 11.7 Å². The molecule has 0 saturated carbocycles. The Morgan fingerprint density at radius 1 is 1.12 bits per heavy atom. The predicted molar refractivity (Wildman–Crippen MR) is 94.1 cm³/mol.